The van der Waals surface area contributed by atoms with Crippen LogP contribution in [0.2, 0.25) is 0 Å². The predicted octanol–water partition coefficient (Wildman–Crippen LogP) is -1.07. The maximum atomic E-state index is 13.0. The van der Waals surface area contributed by atoms with Crippen molar-refractivity contribution in [1.29, 1.82) is 0 Å². The molecule has 0 aliphatic heterocycles. The summed E-state index contributed by atoms with van der Waals surface area (Å²) in [6.07, 6.45) is 1.09. The normalized spacial score (nSPS) is 14.6. The lowest BCUT2D eigenvalue weighted by Crippen LogP contribution is -2.57. The lowest BCUT2D eigenvalue weighted by Gasteiger charge is -2.26. The van der Waals surface area contributed by atoms with Gasteiger partial charge in [0.05, 0.1) is 6.04 Å². The van der Waals surface area contributed by atoms with Crippen molar-refractivity contribution in [2.75, 3.05) is 12.3 Å². The number of amides is 3. The molecule has 0 heterocycles. The molecule has 3 amide bonds. The Morgan fingerprint density at radius 1 is 0.853 bits per heavy atom. The Balaban J connectivity index is 5.53. The maximum absolute atomic E-state index is 13.0. The number of carbonyl (C=O) groups is 4. The third-order valence-electron chi connectivity index (χ3n) is 4.77. The summed E-state index contributed by atoms with van der Waals surface area (Å²) >= 11 is 4.00. The van der Waals surface area contributed by atoms with Crippen LogP contribution in [0.25, 0.3) is 0 Å². The minimum absolute atomic E-state index is 0.0249. The number of hydrogen-bond acceptors (Lipinski definition) is 7. The van der Waals surface area contributed by atoms with E-state index in [1.165, 1.54) is 0 Å². The quantitative estimate of drug-likeness (QED) is 0.0560. The van der Waals surface area contributed by atoms with Gasteiger partial charge in [-0.1, -0.05) is 27.7 Å². The number of aliphatic carboxylic acids is 1. The van der Waals surface area contributed by atoms with Crippen molar-refractivity contribution >= 4 is 42.3 Å². The molecule has 13 heteroatoms. The molecular weight excluding hydrogens is 462 g/mol. The van der Waals surface area contributed by atoms with Crippen molar-refractivity contribution in [1.82, 2.24) is 16.0 Å². The van der Waals surface area contributed by atoms with Crippen molar-refractivity contribution in [3.05, 3.63) is 0 Å². The second-order valence-electron chi connectivity index (χ2n) is 9.02. The van der Waals surface area contributed by atoms with E-state index < -0.39 is 47.9 Å². The summed E-state index contributed by atoms with van der Waals surface area (Å²) < 4.78 is 0. The first kappa shape index (κ1) is 31.5. The van der Waals surface area contributed by atoms with E-state index in [1.54, 1.807) is 0 Å². The van der Waals surface area contributed by atoms with Gasteiger partial charge in [-0.15, -0.1) is 0 Å². The van der Waals surface area contributed by atoms with Gasteiger partial charge in [0.15, 0.2) is 5.96 Å². The van der Waals surface area contributed by atoms with Crippen LogP contribution in [0.5, 0.6) is 0 Å². The molecule has 4 atom stereocenters. The molecule has 0 saturated heterocycles. The average Bonchev–Trinajstić information content (AvgIpc) is 2.72. The van der Waals surface area contributed by atoms with Crippen LogP contribution in [-0.2, 0) is 19.2 Å². The standard InChI is InChI=1S/C21H41N7O5S/c1-11(2)8-15(19(31)28-16(20(32)33)9-12(3)4)27-18(30)14(6-5-7-25-21(23)24)26-17(29)13(22)10-34/h11-16,34H,5-10,22H2,1-4H3,(H,26,29)(H,27,30)(H,28,31)(H,32,33)(H4,23,24,25). The SMILES string of the molecule is CC(C)CC(NC(=O)C(CC(C)C)NC(=O)C(CCCN=C(N)N)NC(=O)C(N)CS)C(=O)O. The van der Waals surface area contributed by atoms with Gasteiger partial charge in [-0.05, 0) is 37.5 Å². The maximum Gasteiger partial charge on any atom is 0.326 e. The van der Waals surface area contributed by atoms with E-state index in [4.69, 9.17) is 17.2 Å². The van der Waals surface area contributed by atoms with Crippen LogP contribution in [0, 0.1) is 11.8 Å². The molecule has 0 aromatic heterocycles. The topological polar surface area (TPSA) is 215 Å². The molecule has 0 aromatic rings. The van der Waals surface area contributed by atoms with E-state index in [0.717, 1.165) is 0 Å². The Kier molecular flexibility index (Phi) is 14.9. The Morgan fingerprint density at radius 2 is 1.32 bits per heavy atom. The lowest BCUT2D eigenvalue weighted by molar-refractivity contribution is -0.143. The average molecular weight is 504 g/mol. The van der Waals surface area contributed by atoms with Gasteiger partial charge in [0.25, 0.3) is 0 Å². The molecule has 0 fully saturated rings. The Hall–Kier alpha value is -2.54. The molecule has 4 unspecified atom stereocenters. The summed E-state index contributed by atoms with van der Waals surface area (Å²) in [5.41, 5.74) is 16.3. The number of thiol groups is 1. The minimum atomic E-state index is -1.15. The second-order valence-corrected chi connectivity index (χ2v) is 9.38. The largest absolute Gasteiger partial charge is 0.480 e. The van der Waals surface area contributed by atoms with Gasteiger partial charge in [-0.3, -0.25) is 19.4 Å². The van der Waals surface area contributed by atoms with Crippen LogP contribution in [0.3, 0.4) is 0 Å². The molecule has 12 nitrogen and oxygen atoms in total. The third kappa shape index (κ3) is 13.2. The molecule has 0 radical (unpaired) electrons. The Morgan fingerprint density at radius 3 is 1.79 bits per heavy atom. The number of carbonyl (C=O) groups excluding carboxylic acids is 3. The van der Waals surface area contributed by atoms with E-state index in [0.29, 0.717) is 6.42 Å². The summed E-state index contributed by atoms with van der Waals surface area (Å²) in [5, 5.41) is 17.2. The molecule has 0 saturated carbocycles. The zero-order valence-corrected chi connectivity index (χ0v) is 21.3. The van der Waals surface area contributed by atoms with Crippen LogP contribution in [0.4, 0.5) is 0 Å². The van der Waals surface area contributed by atoms with Gasteiger partial charge < -0.3 is 38.3 Å². The monoisotopic (exact) mass is 503 g/mol. The highest BCUT2D eigenvalue weighted by molar-refractivity contribution is 7.80. The minimum Gasteiger partial charge on any atom is -0.480 e. The van der Waals surface area contributed by atoms with E-state index in [1.807, 2.05) is 27.7 Å². The summed E-state index contributed by atoms with van der Waals surface area (Å²) in [5.74, 6) is -2.86. The number of nitrogens with zero attached hydrogens (tertiary/aromatic N) is 1. The van der Waals surface area contributed by atoms with Gasteiger partial charge in [-0.2, -0.15) is 12.6 Å². The van der Waals surface area contributed by atoms with Crippen molar-refractivity contribution in [3.8, 4) is 0 Å². The van der Waals surface area contributed by atoms with Gasteiger partial charge in [0.1, 0.15) is 18.1 Å². The van der Waals surface area contributed by atoms with E-state index in [9.17, 15) is 24.3 Å². The summed E-state index contributed by atoms with van der Waals surface area (Å²) in [6, 6.07) is -3.99. The molecule has 0 bridgehead atoms. The molecular formula is C21H41N7O5S. The van der Waals surface area contributed by atoms with Crippen molar-refractivity contribution < 1.29 is 24.3 Å². The van der Waals surface area contributed by atoms with Crippen LogP contribution < -0.4 is 33.2 Å². The van der Waals surface area contributed by atoms with Gasteiger partial charge in [0, 0.05) is 12.3 Å². The highest BCUT2D eigenvalue weighted by Gasteiger charge is 2.30. The number of nitrogens with one attached hydrogen (secondary N) is 3. The molecule has 10 N–H and O–H groups in total. The van der Waals surface area contributed by atoms with Crippen molar-refractivity contribution in [3.63, 3.8) is 0 Å². The Labute approximate surface area is 206 Å². The number of guanidine groups is 1. The number of aliphatic imine (C=N–C) groups is 1. The van der Waals surface area contributed by atoms with Crippen LogP contribution in [0.1, 0.15) is 53.4 Å². The molecule has 196 valence electrons. The fraction of sp³-hybridized carbons (Fsp3) is 0.762. The fourth-order valence-electron chi connectivity index (χ4n) is 3.07. The van der Waals surface area contributed by atoms with Crippen LogP contribution >= 0.6 is 12.6 Å². The highest BCUT2D eigenvalue weighted by Crippen LogP contribution is 2.10. The van der Waals surface area contributed by atoms with E-state index >= 15 is 0 Å². The third-order valence-corrected chi connectivity index (χ3v) is 5.17. The van der Waals surface area contributed by atoms with Gasteiger partial charge >= 0.3 is 5.97 Å². The number of carboxylic acid groups (broad SMARTS) is 1. The fourth-order valence-corrected chi connectivity index (χ4v) is 3.24. The summed E-state index contributed by atoms with van der Waals surface area (Å²) in [6.45, 7) is 7.68. The molecule has 0 aliphatic carbocycles. The molecule has 0 rings (SSSR count). The summed E-state index contributed by atoms with van der Waals surface area (Å²) in [4.78, 5) is 53.6. The van der Waals surface area contributed by atoms with E-state index in [-0.39, 0.29) is 49.4 Å². The van der Waals surface area contributed by atoms with Gasteiger partial charge in [0.2, 0.25) is 17.7 Å². The highest BCUT2D eigenvalue weighted by atomic mass is 32.1. The zero-order valence-electron chi connectivity index (χ0n) is 20.4. The lowest BCUT2D eigenvalue weighted by atomic mass is 10.00. The van der Waals surface area contributed by atoms with Crippen LogP contribution in [-0.4, -0.2) is 71.2 Å². The smallest absolute Gasteiger partial charge is 0.326 e. The zero-order chi connectivity index (χ0) is 26.4. The number of nitrogens with two attached hydrogens (primary N) is 3. The first-order valence-electron chi connectivity index (χ1n) is 11.3. The molecule has 0 spiro atoms. The molecule has 0 aromatic carbocycles. The van der Waals surface area contributed by atoms with Crippen molar-refractivity contribution in [2.45, 2.75) is 77.5 Å². The predicted molar refractivity (Wildman–Crippen MR) is 134 cm³/mol. The Bertz CT molecular complexity index is 714. The first-order chi connectivity index (χ1) is 15.8. The summed E-state index contributed by atoms with van der Waals surface area (Å²) in [7, 11) is 0. The number of rotatable bonds is 16. The van der Waals surface area contributed by atoms with E-state index in [2.05, 4.69) is 33.6 Å². The molecule has 0 aliphatic rings. The number of carboxylic acids is 1. The first-order valence-corrected chi connectivity index (χ1v) is 12.0. The van der Waals surface area contributed by atoms with Gasteiger partial charge in [-0.25, -0.2) is 4.79 Å². The van der Waals surface area contributed by atoms with Crippen LogP contribution in [0.15, 0.2) is 4.99 Å². The second kappa shape index (κ2) is 16.1. The number of hydrogen-bond donors (Lipinski definition) is 8. The van der Waals surface area contributed by atoms with Crippen molar-refractivity contribution in [2.24, 2.45) is 34.0 Å². The molecule has 34 heavy (non-hydrogen) atoms.